The van der Waals surface area contributed by atoms with Gasteiger partial charge in [-0.2, -0.15) is 5.26 Å². The molecule has 6 heteroatoms. The molecule has 6 nitrogen and oxygen atoms in total. The Labute approximate surface area is 141 Å². The van der Waals surface area contributed by atoms with E-state index in [1.54, 1.807) is 11.0 Å². The van der Waals surface area contributed by atoms with Crippen molar-refractivity contribution >= 4 is 22.8 Å². The Balaban J connectivity index is 1.62. The van der Waals surface area contributed by atoms with Crippen molar-refractivity contribution in [2.45, 2.75) is 25.8 Å². The molecular formula is C18H20N4O2. The van der Waals surface area contributed by atoms with Crippen molar-refractivity contribution in [3.05, 3.63) is 35.9 Å². The van der Waals surface area contributed by atoms with Crippen LogP contribution >= 0.6 is 0 Å². The fourth-order valence-corrected chi connectivity index (χ4v) is 2.91. The molecule has 0 aliphatic carbocycles. The number of amides is 1. The van der Waals surface area contributed by atoms with Gasteiger partial charge in [-0.15, -0.1) is 0 Å². The highest BCUT2D eigenvalue weighted by atomic mass is 16.6. The van der Waals surface area contributed by atoms with Crippen LogP contribution in [0.15, 0.2) is 30.3 Å². The Hall–Kier alpha value is -2.81. The van der Waals surface area contributed by atoms with E-state index in [2.05, 4.69) is 16.4 Å². The molecule has 1 N–H and O–H groups in total. The molecule has 1 saturated heterocycles. The van der Waals surface area contributed by atoms with Crippen molar-refractivity contribution in [2.24, 2.45) is 0 Å². The third-order valence-corrected chi connectivity index (χ3v) is 4.19. The lowest BCUT2D eigenvalue weighted by atomic mass is 10.1. The van der Waals surface area contributed by atoms with Gasteiger partial charge in [0, 0.05) is 24.5 Å². The number of ether oxygens (including phenoxy) is 1. The number of piperidine rings is 1. The van der Waals surface area contributed by atoms with E-state index in [0.29, 0.717) is 31.3 Å². The Kier molecular flexibility index (Phi) is 4.80. The minimum Gasteiger partial charge on any atom is -0.450 e. The molecule has 3 rings (SSSR count). The molecule has 1 aliphatic rings. The number of carbonyl (C=O) groups excluding carboxylic acids is 1. The first-order valence-electron chi connectivity index (χ1n) is 8.18. The number of hydrogen-bond acceptors (Lipinski definition) is 5. The summed E-state index contributed by atoms with van der Waals surface area (Å²) in [5, 5.41) is 13.3. The third kappa shape index (κ3) is 3.57. The molecule has 0 spiro atoms. The summed E-state index contributed by atoms with van der Waals surface area (Å²) >= 11 is 0. The molecule has 0 bridgehead atoms. The fourth-order valence-electron chi connectivity index (χ4n) is 2.91. The first-order chi connectivity index (χ1) is 11.7. The number of benzene rings is 1. The number of anilines is 1. The summed E-state index contributed by atoms with van der Waals surface area (Å²) in [5.74, 6) is 0.821. The van der Waals surface area contributed by atoms with E-state index >= 15 is 0 Å². The van der Waals surface area contributed by atoms with Crippen LogP contribution in [0.25, 0.3) is 10.9 Å². The molecule has 0 radical (unpaired) electrons. The molecule has 1 aromatic heterocycles. The SMILES string of the molecule is CCOC(=O)N1CCC(Nc2ccc3cc(C#N)ccc3n2)CC1. The quantitative estimate of drug-likeness (QED) is 0.938. The van der Waals surface area contributed by atoms with Gasteiger partial charge in [0.05, 0.1) is 23.8 Å². The molecule has 0 atom stereocenters. The van der Waals surface area contributed by atoms with Gasteiger partial charge in [-0.3, -0.25) is 0 Å². The maximum atomic E-state index is 11.7. The molecular weight excluding hydrogens is 304 g/mol. The molecule has 2 aromatic rings. The zero-order valence-electron chi connectivity index (χ0n) is 13.7. The number of nitrogens with zero attached hydrogens (tertiary/aromatic N) is 3. The third-order valence-electron chi connectivity index (χ3n) is 4.19. The second kappa shape index (κ2) is 7.18. The maximum Gasteiger partial charge on any atom is 0.409 e. The topological polar surface area (TPSA) is 78.2 Å². The zero-order chi connectivity index (χ0) is 16.9. The molecule has 0 unspecified atom stereocenters. The van der Waals surface area contributed by atoms with Gasteiger partial charge in [0.2, 0.25) is 0 Å². The van der Waals surface area contributed by atoms with Crippen molar-refractivity contribution in [2.75, 3.05) is 25.0 Å². The van der Waals surface area contributed by atoms with Gasteiger partial charge in [0.1, 0.15) is 5.82 Å². The van der Waals surface area contributed by atoms with Crippen LogP contribution in [-0.4, -0.2) is 41.7 Å². The summed E-state index contributed by atoms with van der Waals surface area (Å²) in [7, 11) is 0. The normalized spacial score (nSPS) is 15.1. The number of nitrogens with one attached hydrogen (secondary N) is 1. The summed E-state index contributed by atoms with van der Waals surface area (Å²) in [4.78, 5) is 18.1. The molecule has 24 heavy (non-hydrogen) atoms. The lowest BCUT2D eigenvalue weighted by molar-refractivity contribution is 0.0983. The van der Waals surface area contributed by atoms with E-state index in [0.717, 1.165) is 29.6 Å². The standard InChI is InChI=1S/C18H20N4O2/c1-2-24-18(23)22-9-7-15(8-10-22)20-17-6-4-14-11-13(12-19)3-5-16(14)21-17/h3-6,11,15H,2,7-10H2,1H3,(H,20,21). The Morgan fingerprint density at radius 3 is 2.88 bits per heavy atom. The van der Waals surface area contributed by atoms with E-state index in [-0.39, 0.29) is 6.09 Å². The van der Waals surface area contributed by atoms with Crippen molar-refractivity contribution in [1.29, 1.82) is 5.26 Å². The number of nitriles is 1. The lowest BCUT2D eigenvalue weighted by Crippen LogP contribution is -2.42. The predicted molar refractivity (Wildman–Crippen MR) is 91.7 cm³/mol. The molecule has 0 saturated carbocycles. The molecule has 124 valence electrons. The first kappa shape index (κ1) is 16.1. The summed E-state index contributed by atoms with van der Waals surface area (Å²) < 4.78 is 5.03. The fraction of sp³-hybridized carbons (Fsp3) is 0.389. The minimum atomic E-state index is -0.229. The van der Waals surface area contributed by atoms with Crippen molar-refractivity contribution in [3.63, 3.8) is 0 Å². The zero-order valence-corrected chi connectivity index (χ0v) is 13.7. The smallest absolute Gasteiger partial charge is 0.409 e. The van der Waals surface area contributed by atoms with E-state index in [9.17, 15) is 4.79 Å². The second-order valence-electron chi connectivity index (χ2n) is 5.82. The number of hydrogen-bond donors (Lipinski definition) is 1. The molecule has 1 aliphatic heterocycles. The minimum absolute atomic E-state index is 0.229. The van der Waals surface area contributed by atoms with Gasteiger partial charge in [0.25, 0.3) is 0 Å². The van der Waals surface area contributed by atoms with Gasteiger partial charge in [-0.1, -0.05) is 0 Å². The van der Waals surface area contributed by atoms with Crippen molar-refractivity contribution in [1.82, 2.24) is 9.88 Å². The first-order valence-corrected chi connectivity index (χ1v) is 8.18. The van der Waals surface area contributed by atoms with Crippen molar-refractivity contribution in [3.8, 4) is 6.07 Å². The van der Waals surface area contributed by atoms with E-state index in [4.69, 9.17) is 10.00 Å². The molecule has 1 amide bonds. The average molecular weight is 324 g/mol. The monoisotopic (exact) mass is 324 g/mol. The van der Waals surface area contributed by atoms with Gasteiger partial charge >= 0.3 is 6.09 Å². The number of rotatable bonds is 3. The van der Waals surface area contributed by atoms with Crippen LogP contribution in [0.2, 0.25) is 0 Å². The maximum absolute atomic E-state index is 11.7. The summed E-state index contributed by atoms with van der Waals surface area (Å²) in [6, 6.07) is 11.8. The predicted octanol–water partition coefficient (Wildman–Crippen LogP) is 3.14. The Morgan fingerprint density at radius 1 is 1.38 bits per heavy atom. The van der Waals surface area contributed by atoms with Gasteiger partial charge in [-0.25, -0.2) is 9.78 Å². The molecule has 1 aromatic carbocycles. The van der Waals surface area contributed by atoms with Crippen LogP contribution in [0.5, 0.6) is 0 Å². The highest BCUT2D eigenvalue weighted by molar-refractivity contribution is 5.81. The van der Waals surface area contributed by atoms with Crippen LogP contribution in [0.1, 0.15) is 25.3 Å². The van der Waals surface area contributed by atoms with Gasteiger partial charge < -0.3 is 15.0 Å². The second-order valence-corrected chi connectivity index (χ2v) is 5.82. The Bertz CT molecular complexity index is 776. The van der Waals surface area contributed by atoms with E-state index < -0.39 is 0 Å². The summed E-state index contributed by atoms with van der Waals surface area (Å²) in [6.07, 6.45) is 1.51. The van der Waals surface area contributed by atoms with Crippen molar-refractivity contribution < 1.29 is 9.53 Å². The van der Waals surface area contributed by atoms with Gasteiger partial charge in [0.15, 0.2) is 0 Å². The van der Waals surface area contributed by atoms with E-state index in [1.165, 1.54) is 0 Å². The highest BCUT2D eigenvalue weighted by Gasteiger charge is 2.23. The van der Waals surface area contributed by atoms with Crippen LogP contribution < -0.4 is 5.32 Å². The average Bonchev–Trinajstić information content (AvgIpc) is 2.62. The van der Waals surface area contributed by atoms with Crippen LogP contribution in [0.4, 0.5) is 10.6 Å². The van der Waals surface area contributed by atoms with Crippen LogP contribution in [0, 0.1) is 11.3 Å². The molecule has 2 heterocycles. The number of likely N-dealkylation sites (tertiary alicyclic amines) is 1. The van der Waals surface area contributed by atoms with Crippen LogP contribution in [-0.2, 0) is 4.74 Å². The van der Waals surface area contributed by atoms with E-state index in [1.807, 2.05) is 31.2 Å². The number of fused-ring (bicyclic) bond motifs is 1. The van der Waals surface area contributed by atoms with Crippen LogP contribution in [0.3, 0.4) is 0 Å². The highest BCUT2D eigenvalue weighted by Crippen LogP contribution is 2.20. The lowest BCUT2D eigenvalue weighted by Gasteiger charge is -2.31. The number of pyridine rings is 1. The van der Waals surface area contributed by atoms with Gasteiger partial charge in [-0.05, 0) is 50.1 Å². The summed E-state index contributed by atoms with van der Waals surface area (Å²) in [5.41, 5.74) is 1.50. The largest absolute Gasteiger partial charge is 0.450 e. The Morgan fingerprint density at radius 2 is 2.17 bits per heavy atom. The molecule has 1 fully saturated rings. The number of aromatic nitrogens is 1. The summed E-state index contributed by atoms with van der Waals surface area (Å²) in [6.45, 7) is 3.61. The number of carbonyl (C=O) groups is 1.